The molecule has 2 aliphatic rings. The molecule has 0 bridgehead atoms. The second kappa shape index (κ2) is 11.8. The van der Waals surface area contributed by atoms with Crippen molar-refractivity contribution < 1.29 is 9.53 Å². The Balaban J connectivity index is 0.000000309. The fourth-order valence-corrected chi connectivity index (χ4v) is 3.83. The van der Waals surface area contributed by atoms with Crippen molar-refractivity contribution in [1.29, 1.82) is 10.5 Å². The third-order valence-corrected chi connectivity index (χ3v) is 5.29. The average molecular weight is 377 g/mol. The molecular weight excluding hydrogens is 340 g/mol. The highest BCUT2D eigenvalue weighted by atomic mass is 16.6. The van der Waals surface area contributed by atoms with Crippen LogP contribution in [0.3, 0.4) is 0 Å². The van der Waals surface area contributed by atoms with Crippen LogP contribution in [0, 0.1) is 34.5 Å². The van der Waals surface area contributed by atoms with Crippen molar-refractivity contribution in [3.05, 3.63) is 0 Å². The van der Waals surface area contributed by atoms with Crippen LogP contribution in [-0.4, -0.2) is 23.8 Å². The van der Waals surface area contributed by atoms with Gasteiger partial charge in [0.2, 0.25) is 0 Å². The summed E-state index contributed by atoms with van der Waals surface area (Å²) in [6.07, 6.45) is 9.83. The van der Waals surface area contributed by atoms with Crippen LogP contribution >= 0.6 is 0 Å². The Morgan fingerprint density at radius 3 is 2.07 bits per heavy atom. The molecule has 3 N–H and O–H groups in total. The standard InChI is InChI=1S/C13H22N2O2.C8H14N2/c1-13(2,3)17-12(16)15-11-7-5-4-6-10(11)8-9-14;9-6-5-7-3-1-2-4-8(7)10/h10-11H,4-8H2,1-3H3,(H,15,16);7-8H,1-5,10H2/t10-,11+;7-,8+/m11/s1. The lowest BCUT2D eigenvalue weighted by Gasteiger charge is -2.31. The SMILES string of the molecule is CC(C)(C)OC(=O)N[C@H]1CCCC[C@@H]1CC#N.N#CC[C@H]1CCCC[C@@H]1N. The van der Waals surface area contributed by atoms with Gasteiger partial charge in [0.05, 0.1) is 12.1 Å². The van der Waals surface area contributed by atoms with Crippen LogP contribution < -0.4 is 11.1 Å². The highest BCUT2D eigenvalue weighted by Crippen LogP contribution is 2.27. The second-order valence-corrected chi connectivity index (χ2v) is 8.73. The Labute approximate surface area is 164 Å². The lowest BCUT2D eigenvalue weighted by Crippen LogP contribution is -2.44. The Morgan fingerprint density at radius 2 is 1.52 bits per heavy atom. The van der Waals surface area contributed by atoms with Gasteiger partial charge >= 0.3 is 6.09 Å². The number of carbonyl (C=O) groups excluding carboxylic acids is 1. The van der Waals surface area contributed by atoms with Crippen LogP contribution in [0.1, 0.15) is 85.0 Å². The van der Waals surface area contributed by atoms with Gasteiger partial charge in [-0.15, -0.1) is 0 Å². The molecule has 2 rings (SSSR count). The lowest BCUT2D eigenvalue weighted by atomic mass is 9.83. The normalized spacial score (nSPS) is 27.9. The maximum absolute atomic E-state index is 11.7. The van der Waals surface area contributed by atoms with Crippen molar-refractivity contribution in [2.75, 3.05) is 0 Å². The summed E-state index contributed by atoms with van der Waals surface area (Å²) >= 11 is 0. The summed E-state index contributed by atoms with van der Waals surface area (Å²) in [6.45, 7) is 5.54. The van der Waals surface area contributed by atoms with Gasteiger partial charge in [0, 0.05) is 24.9 Å². The zero-order chi connectivity index (χ0) is 20.3. The van der Waals surface area contributed by atoms with Crippen LogP contribution in [0.25, 0.3) is 0 Å². The number of nitriles is 2. The first kappa shape index (κ1) is 23.2. The van der Waals surface area contributed by atoms with E-state index in [2.05, 4.69) is 17.5 Å². The van der Waals surface area contributed by atoms with Gasteiger partial charge in [0.15, 0.2) is 0 Å². The average Bonchev–Trinajstić information content (AvgIpc) is 2.58. The van der Waals surface area contributed by atoms with Gasteiger partial charge < -0.3 is 15.8 Å². The topological polar surface area (TPSA) is 112 Å². The Morgan fingerprint density at radius 1 is 1.00 bits per heavy atom. The van der Waals surface area contributed by atoms with Crippen LogP contribution in [0.15, 0.2) is 0 Å². The van der Waals surface area contributed by atoms with Gasteiger partial charge in [-0.2, -0.15) is 10.5 Å². The van der Waals surface area contributed by atoms with Crippen LogP contribution in [0.4, 0.5) is 4.79 Å². The molecule has 0 unspecified atom stereocenters. The molecule has 2 fully saturated rings. The van der Waals surface area contributed by atoms with E-state index in [0.717, 1.165) is 38.5 Å². The molecule has 2 saturated carbocycles. The molecule has 0 radical (unpaired) electrons. The predicted molar refractivity (Wildman–Crippen MR) is 106 cm³/mol. The van der Waals surface area contributed by atoms with E-state index in [4.69, 9.17) is 21.0 Å². The van der Waals surface area contributed by atoms with E-state index >= 15 is 0 Å². The molecular formula is C21H36N4O2. The number of nitrogens with two attached hydrogens (primary N) is 1. The van der Waals surface area contributed by atoms with Gasteiger partial charge in [-0.3, -0.25) is 0 Å². The number of rotatable bonds is 3. The molecule has 152 valence electrons. The van der Waals surface area contributed by atoms with E-state index in [0.29, 0.717) is 24.8 Å². The molecule has 4 atom stereocenters. The first-order valence-corrected chi connectivity index (χ1v) is 10.3. The van der Waals surface area contributed by atoms with Crippen molar-refractivity contribution in [3.8, 4) is 12.1 Å². The van der Waals surface area contributed by atoms with E-state index in [1.54, 1.807) is 0 Å². The zero-order valence-corrected chi connectivity index (χ0v) is 17.2. The van der Waals surface area contributed by atoms with Gasteiger partial charge in [-0.1, -0.05) is 25.7 Å². The molecule has 1 amide bonds. The van der Waals surface area contributed by atoms with E-state index in [1.807, 2.05) is 20.8 Å². The summed E-state index contributed by atoms with van der Waals surface area (Å²) in [5.74, 6) is 0.764. The summed E-state index contributed by atoms with van der Waals surface area (Å²) in [5.41, 5.74) is 5.35. The quantitative estimate of drug-likeness (QED) is 0.758. The van der Waals surface area contributed by atoms with E-state index in [-0.39, 0.29) is 18.1 Å². The first-order valence-electron chi connectivity index (χ1n) is 10.3. The fraction of sp³-hybridized carbons (Fsp3) is 0.857. The van der Waals surface area contributed by atoms with Gasteiger partial charge in [-0.25, -0.2) is 4.79 Å². The maximum atomic E-state index is 11.7. The number of nitrogens with zero attached hydrogens (tertiary/aromatic N) is 2. The highest BCUT2D eigenvalue weighted by molar-refractivity contribution is 5.68. The van der Waals surface area contributed by atoms with Crippen molar-refractivity contribution >= 4 is 6.09 Å². The minimum atomic E-state index is -0.469. The molecule has 27 heavy (non-hydrogen) atoms. The lowest BCUT2D eigenvalue weighted by molar-refractivity contribution is 0.0470. The summed E-state index contributed by atoms with van der Waals surface area (Å²) in [7, 11) is 0. The summed E-state index contributed by atoms with van der Waals surface area (Å²) < 4.78 is 5.23. The minimum absolute atomic E-state index is 0.0956. The maximum Gasteiger partial charge on any atom is 0.407 e. The van der Waals surface area contributed by atoms with Crippen molar-refractivity contribution in [2.24, 2.45) is 17.6 Å². The zero-order valence-electron chi connectivity index (χ0n) is 17.2. The van der Waals surface area contributed by atoms with Crippen molar-refractivity contribution in [2.45, 2.75) is 103 Å². The van der Waals surface area contributed by atoms with E-state index in [1.165, 1.54) is 12.8 Å². The molecule has 0 aromatic heterocycles. The summed E-state index contributed by atoms with van der Waals surface area (Å²) in [4.78, 5) is 11.7. The Hall–Kier alpha value is -1.79. The van der Waals surface area contributed by atoms with E-state index < -0.39 is 5.60 Å². The highest BCUT2D eigenvalue weighted by Gasteiger charge is 2.28. The third kappa shape index (κ3) is 9.63. The van der Waals surface area contributed by atoms with Crippen LogP contribution in [-0.2, 0) is 4.74 Å². The van der Waals surface area contributed by atoms with Gasteiger partial charge in [0.1, 0.15) is 5.60 Å². The van der Waals surface area contributed by atoms with Crippen LogP contribution in [0.5, 0.6) is 0 Å². The predicted octanol–water partition coefficient (Wildman–Crippen LogP) is 4.40. The monoisotopic (exact) mass is 376 g/mol. The Kier molecular flexibility index (Phi) is 10.2. The number of ether oxygens (including phenoxy) is 1. The van der Waals surface area contributed by atoms with Gasteiger partial charge in [0.25, 0.3) is 0 Å². The summed E-state index contributed by atoms with van der Waals surface area (Å²) in [5, 5.41) is 20.1. The number of carbonyl (C=O) groups is 1. The third-order valence-electron chi connectivity index (χ3n) is 5.29. The van der Waals surface area contributed by atoms with Crippen molar-refractivity contribution in [3.63, 3.8) is 0 Å². The van der Waals surface area contributed by atoms with Gasteiger partial charge in [-0.05, 0) is 58.3 Å². The molecule has 0 spiro atoms. The molecule has 0 heterocycles. The number of hydrogen-bond acceptors (Lipinski definition) is 5. The number of alkyl carbamates (subject to hydrolysis) is 1. The minimum Gasteiger partial charge on any atom is -0.444 e. The number of hydrogen-bond donors (Lipinski definition) is 2. The molecule has 2 aliphatic carbocycles. The first-order chi connectivity index (χ1) is 12.8. The molecule has 0 saturated heterocycles. The fourth-order valence-electron chi connectivity index (χ4n) is 3.83. The van der Waals surface area contributed by atoms with Crippen molar-refractivity contribution in [1.82, 2.24) is 5.32 Å². The smallest absolute Gasteiger partial charge is 0.407 e. The Bertz CT molecular complexity index is 530. The number of amides is 1. The van der Waals surface area contributed by atoms with E-state index in [9.17, 15) is 4.79 Å². The molecule has 0 aliphatic heterocycles. The van der Waals surface area contributed by atoms with Crippen LogP contribution in [0.2, 0.25) is 0 Å². The second-order valence-electron chi connectivity index (χ2n) is 8.73. The number of nitrogens with one attached hydrogen (secondary N) is 1. The molecule has 0 aromatic rings. The molecule has 6 heteroatoms. The molecule has 0 aromatic carbocycles. The largest absolute Gasteiger partial charge is 0.444 e. The molecule has 6 nitrogen and oxygen atoms in total. The summed E-state index contributed by atoms with van der Waals surface area (Å²) in [6, 6.07) is 4.78.